The smallest absolute Gasteiger partial charge is 0.214 e. The lowest BCUT2D eigenvalue weighted by Gasteiger charge is -2.34. The molecule has 0 saturated heterocycles. The van der Waals surface area contributed by atoms with E-state index in [4.69, 9.17) is 0 Å². The average molecular weight is 425 g/mol. The maximum Gasteiger partial charge on any atom is 0.214 e. The highest BCUT2D eigenvalue weighted by molar-refractivity contribution is 7.89. The van der Waals surface area contributed by atoms with Crippen molar-refractivity contribution in [2.24, 2.45) is 0 Å². The summed E-state index contributed by atoms with van der Waals surface area (Å²) in [5, 5.41) is 0. The van der Waals surface area contributed by atoms with E-state index in [0.717, 1.165) is 29.8 Å². The lowest BCUT2D eigenvalue weighted by atomic mass is 10.0. The third-order valence-electron chi connectivity index (χ3n) is 5.77. The average Bonchev–Trinajstić information content (AvgIpc) is 3.23. The summed E-state index contributed by atoms with van der Waals surface area (Å²) < 4.78 is 27.4. The zero-order chi connectivity index (χ0) is 21.0. The first-order chi connectivity index (χ1) is 14.6. The van der Waals surface area contributed by atoms with E-state index in [1.54, 1.807) is 17.6 Å². The Labute approximate surface area is 178 Å². The van der Waals surface area contributed by atoms with Crippen LogP contribution in [0.15, 0.2) is 67.1 Å². The summed E-state index contributed by atoms with van der Waals surface area (Å²) in [5.41, 5.74) is 4.41. The summed E-state index contributed by atoms with van der Waals surface area (Å²) in [7, 11) is -3.30. The van der Waals surface area contributed by atoms with Crippen LogP contribution in [0.4, 0.5) is 5.69 Å². The number of sulfonamides is 1. The van der Waals surface area contributed by atoms with Gasteiger partial charge >= 0.3 is 0 Å². The van der Waals surface area contributed by atoms with E-state index >= 15 is 0 Å². The minimum absolute atomic E-state index is 0.0541. The maximum atomic E-state index is 12.9. The van der Waals surface area contributed by atoms with Crippen LogP contribution in [0.3, 0.4) is 0 Å². The molecule has 2 aromatic carbocycles. The molecule has 0 amide bonds. The molecule has 0 aliphatic carbocycles. The van der Waals surface area contributed by atoms with Crippen LogP contribution in [0.2, 0.25) is 0 Å². The van der Waals surface area contributed by atoms with Gasteiger partial charge in [0.15, 0.2) is 0 Å². The Morgan fingerprint density at radius 2 is 1.87 bits per heavy atom. The number of hydrogen-bond acceptors (Lipinski definition) is 4. The largest absolute Gasteiger partial charge is 0.361 e. The second-order valence-electron chi connectivity index (χ2n) is 7.70. The molecule has 4 rings (SSSR count). The molecule has 0 fully saturated rings. The Morgan fingerprint density at radius 3 is 2.60 bits per heavy atom. The van der Waals surface area contributed by atoms with Crippen molar-refractivity contribution in [3.63, 3.8) is 0 Å². The number of anilines is 1. The number of nitrogens with zero attached hydrogens (tertiary/aromatic N) is 3. The number of nitrogens with one attached hydrogen (secondary N) is 1. The highest BCUT2D eigenvalue weighted by Gasteiger charge is 2.32. The summed E-state index contributed by atoms with van der Waals surface area (Å²) in [4.78, 5) is 9.71. The SMILES string of the molecule is CCS(=O)(=O)N1Cc2ccccc2N(Cc2cnc[nH]2)[C@H](CCc2ccccc2)C1. The van der Waals surface area contributed by atoms with Crippen molar-refractivity contribution in [2.75, 3.05) is 17.2 Å². The Kier molecular flexibility index (Phi) is 6.20. The highest BCUT2D eigenvalue weighted by atomic mass is 32.2. The van der Waals surface area contributed by atoms with E-state index in [1.807, 2.05) is 42.6 Å². The fraction of sp³-hybridized carbons (Fsp3) is 0.348. The molecule has 1 aliphatic rings. The fourth-order valence-corrected chi connectivity index (χ4v) is 5.20. The Balaban J connectivity index is 1.70. The van der Waals surface area contributed by atoms with Crippen LogP contribution in [-0.2, 0) is 29.5 Å². The lowest BCUT2D eigenvalue weighted by Crippen LogP contribution is -2.44. The van der Waals surface area contributed by atoms with Crippen LogP contribution >= 0.6 is 0 Å². The Morgan fingerprint density at radius 1 is 1.10 bits per heavy atom. The monoisotopic (exact) mass is 424 g/mol. The molecule has 30 heavy (non-hydrogen) atoms. The van der Waals surface area contributed by atoms with Gasteiger partial charge in [-0.2, -0.15) is 4.31 Å². The number of imidazole rings is 1. The predicted octanol–water partition coefficient (Wildman–Crippen LogP) is 3.58. The number of benzene rings is 2. The topological polar surface area (TPSA) is 69.3 Å². The summed E-state index contributed by atoms with van der Waals surface area (Å²) in [6, 6.07) is 18.6. The van der Waals surface area contributed by atoms with E-state index in [9.17, 15) is 8.42 Å². The molecule has 0 radical (unpaired) electrons. The number of hydrogen-bond donors (Lipinski definition) is 1. The fourth-order valence-electron chi connectivity index (χ4n) is 4.10. The second kappa shape index (κ2) is 9.02. The van der Waals surface area contributed by atoms with Gasteiger partial charge in [-0.05, 0) is 37.0 Å². The van der Waals surface area contributed by atoms with Gasteiger partial charge in [0.05, 0.1) is 24.3 Å². The van der Waals surface area contributed by atoms with Crippen LogP contribution in [-0.4, -0.2) is 41.0 Å². The van der Waals surface area contributed by atoms with E-state index in [0.29, 0.717) is 19.6 Å². The Hall–Kier alpha value is -2.64. The zero-order valence-electron chi connectivity index (χ0n) is 17.2. The number of aromatic amines is 1. The van der Waals surface area contributed by atoms with Gasteiger partial charge in [-0.1, -0.05) is 48.5 Å². The van der Waals surface area contributed by atoms with Crippen molar-refractivity contribution in [3.05, 3.63) is 83.9 Å². The molecule has 0 spiro atoms. The first-order valence-electron chi connectivity index (χ1n) is 10.4. The van der Waals surface area contributed by atoms with Crippen LogP contribution in [0.1, 0.15) is 30.2 Å². The molecule has 158 valence electrons. The molecule has 1 aliphatic heterocycles. The molecule has 1 atom stereocenters. The first kappa shape index (κ1) is 20.6. The molecule has 1 aromatic heterocycles. The van der Waals surface area contributed by atoms with Gasteiger partial charge in [-0.15, -0.1) is 0 Å². The second-order valence-corrected chi connectivity index (χ2v) is 9.96. The van der Waals surface area contributed by atoms with E-state index in [1.165, 1.54) is 5.56 Å². The van der Waals surface area contributed by atoms with Crippen molar-refractivity contribution in [1.82, 2.24) is 14.3 Å². The molecule has 3 aromatic rings. The quantitative estimate of drug-likeness (QED) is 0.629. The van der Waals surface area contributed by atoms with Gasteiger partial charge in [0, 0.05) is 31.0 Å². The predicted molar refractivity (Wildman–Crippen MR) is 120 cm³/mol. The summed E-state index contributed by atoms with van der Waals surface area (Å²) in [6.07, 6.45) is 5.28. The van der Waals surface area contributed by atoms with Crippen molar-refractivity contribution in [2.45, 2.75) is 38.9 Å². The number of H-pyrrole nitrogens is 1. The van der Waals surface area contributed by atoms with Gasteiger partial charge in [-0.3, -0.25) is 0 Å². The van der Waals surface area contributed by atoms with Crippen molar-refractivity contribution >= 4 is 15.7 Å². The maximum absolute atomic E-state index is 12.9. The number of para-hydroxylation sites is 1. The first-order valence-corrected chi connectivity index (χ1v) is 12.0. The number of fused-ring (bicyclic) bond motifs is 1. The van der Waals surface area contributed by atoms with Gasteiger partial charge < -0.3 is 9.88 Å². The molecule has 7 heteroatoms. The third-order valence-corrected chi connectivity index (χ3v) is 7.56. The molecule has 2 heterocycles. The molecule has 6 nitrogen and oxygen atoms in total. The van der Waals surface area contributed by atoms with E-state index < -0.39 is 10.0 Å². The summed E-state index contributed by atoms with van der Waals surface area (Å²) in [5.74, 6) is 0.112. The number of rotatable bonds is 7. The van der Waals surface area contributed by atoms with Crippen molar-refractivity contribution in [1.29, 1.82) is 0 Å². The van der Waals surface area contributed by atoms with E-state index in [-0.39, 0.29) is 11.8 Å². The molecule has 0 bridgehead atoms. The van der Waals surface area contributed by atoms with Gasteiger partial charge in [-0.25, -0.2) is 13.4 Å². The molecule has 1 N–H and O–H groups in total. The lowest BCUT2D eigenvalue weighted by molar-refractivity contribution is 0.370. The standard InChI is InChI=1S/C23H28N4O2S/c1-2-30(28,29)26-15-20-10-6-7-11-23(20)27(16-21-14-24-18-25-21)22(17-26)13-12-19-8-4-3-5-9-19/h3-11,14,18,22H,2,12-13,15-17H2,1H3,(H,24,25)/t22-/m1/s1. The number of aromatic nitrogens is 2. The molecular formula is C23H28N4O2S. The molecule has 0 saturated carbocycles. The van der Waals surface area contributed by atoms with Crippen LogP contribution in [0.5, 0.6) is 0 Å². The van der Waals surface area contributed by atoms with E-state index in [2.05, 4.69) is 33.1 Å². The molecular weight excluding hydrogens is 396 g/mol. The highest BCUT2D eigenvalue weighted by Crippen LogP contribution is 2.32. The van der Waals surface area contributed by atoms with Crippen LogP contribution < -0.4 is 4.90 Å². The van der Waals surface area contributed by atoms with Gasteiger partial charge in [0.2, 0.25) is 10.0 Å². The minimum atomic E-state index is -3.30. The minimum Gasteiger partial charge on any atom is -0.361 e. The van der Waals surface area contributed by atoms with Crippen molar-refractivity contribution < 1.29 is 8.42 Å². The van der Waals surface area contributed by atoms with Crippen LogP contribution in [0.25, 0.3) is 0 Å². The summed E-state index contributed by atoms with van der Waals surface area (Å²) in [6.45, 7) is 3.27. The van der Waals surface area contributed by atoms with Gasteiger partial charge in [0.25, 0.3) is 0 Å². The van der Waals surface area contributed by atoms with Crippen molar-refractivity contribution in [3.8, 4) is 0 Å². The van der Waals surface area contributed by atoms with Crippen LogP contribution in [0, 0.1) is 0 Å². The zero-order valence-corrected chi connectivity index (χ0v) is 18.1. The summed E-state index contributed by atoms with van der Waals surface area (Å²) >= 11 is 0. The normalized spacial score (nSPS) is 17.5. The molecule has 0 unspecified atom stereocenters. The third kappa shape index (κ3) is 4.57. The van der Waals surface area contributed by atoms with Gasteiger partial charge in [0.1, 0.15) is 0 Å². The Bertz CT molecular complexity index is 1050. The number of aryl methyl sites for hydroxylation is 1.